The molecule has 106 valence electrons. The lowest BCUT2D eigenvalue weighted by atomic mass is 10.0. The van der Waals surface area contributed by atoms with Gasteiger partial charge in [0, 0.05) is 50.8 Å². The molecule has 0 radical (unpaired) electrons. The minimum absolute atomic E-state index is 0.616. The lowest BCUT2D eigenvalue weighted by Crippen LogP contribution is -2.42. The summed E-state index contributed by atoms with van der Waals surface area (Å²) in [7, 11) is 2.10. The number of rotatable bonds is 4. The summed E-state index contributed by atoms with van der Waals surface area (Å²) in [5.41, 5.74) is 1.34. The van der Waals surface area contributed by atoms with Gasteiger partial charge in [-0.05, 0) is 37.1 Å². The average molecular weight is 270 g/mol. The molecule has 1 saturated heterocycles. The first-order valence-electron chi connectivity index (χ1n) is 7.32. The topological polar surface area (TPSA) is 33.1 Å². The van der Waals surface area contributed by atoms with Gasteiger partial charge in [0.1, 0.15) is 5.82 Å². The number of hydrogen-bond donors (Lipinski definition) is 1. The zero-order chi connectivity index (χ0) is 13.8. The quantitative estimate of drug-likeness (QED) is 0.924. The number of hydrogen-bond acceptors (Lipinski definition) is 3. The summed E-state index contributed by atoms with van der Waals surface area (Å²) in [5, 5.41) is 3.67. The largest absolute Gasteiger partial charge is 0.357 e. The second kappa shape index (κ2) is 6.09. The van der Waals surface area contributed by atoms with Crippen molar-refractivity contribution in [3.05, 3.63) is 48.4 Å². The van der Waals surface area contributed by atoms with Gasteiger partial charge in [-0.3, -0.25) is 0 Å². The Balaban J connectivity index is 1.48. The standard InChI is InChI=1S/C16H22N4/c1-19-10-4-5-15(19)13-18-14-7-11-20(12-8-14)16-6-2-3-9-17-16/h2-6,9-10,14,18H,7-8,11-13H2,1H3. The molecule has 1 aliphatic rings. The zero-order valence-electron chi connectivity index (χ0n) is 12.0. The van der Waals surface area contributed by atoms with Crippen molar-refractivity contribution in [3.8, 4) is 0 Å². The molecule has 0 spiro atoms. The van der Waals surface area contributed by atoms with Gasteiger partial charge in [0.15, 0.2) is 0 Å². The van der Waals surface area contributed by atoms with E-state index in [0.29, 0.717) is 6.04 Å². The van der Waals surface area contributed by atoms with E-state index in [4.69, 9.17) is 0 Å². The summed E-state index contributed by atoms with van der Waals surface area (Å²) in [4.78, 5) is 6.80. The predicted octanol–water partition coefficient (Wildman–Crippen LogP) is 2.18. The van der Waals surface area contributed by atoms with E-state index >= 15 is 0 Å². The number of nitrogens with one attached hydrogen (secondary N) is 1. The number of nitrogens with zero attached hydrogens (tertiary/aromatic N) is 3. The van der Waals surface area contributed by atoms with E-state index in [0.717, 1.165) is 25.5 Å². The third kappa shape index (κ3) is 3.02. The summed E-state index contributed by atoms with van der Waals surface area (Å²) < 4.78 is 2.18. The molecule has 1 fully saturated rings. The van der Waals surface area contributed by atoms with Crippen LogP contribution in [0.5, 0.6) is 0 Å². The molecule has 3 heterocycles. The van der Waals surface area contributed by atoms with Gasteiger partial charge in [-0.25, -0.2) is 4.98 Å². The van der Waals surface area contributed by atoms with Gasteiger partial charge in [0.05, 0.1) is 0 Å². The maximum Gasteiger partial charge on any atom is 0.128 e. The van der Waals surface area contributed by atoms with Crippen LogP contribution in [-0.4, -0.2) is 28.7 Å². The molecule has 1 aliphatic heterocycles. The van der Waals surface area contributed by atoms with Crippen molar-refractivity contribution in [2.45, 2.75) is 25.4 Å². The number of anilines is 1. The van der Waals surface area contributed by atoms with Crippen LogP contribution >= 0.6 is 0 Å². The van der Waals surface area contributed by atoms with E-state index in [9.17, 15) is 0 Å². The first kappa shape index (κ1) is 13.2. The monoisotopic (exact) mass is 270 g/mol. The lowest BCUT2D eigenvalue weighted by Gasteiger charge is -2.33. The number of aromatic nitrogens is 2. The van der Waals surface area contributed by atoms with E-state index in [1.165, 1.54) is 18.5 Å². The predicted molar refractivity (Wildman–Crippen MR) is 81.7 cm³/mol. The first-order chi connectivity index (χ1) is 9.83. The van der Waals surface area contributed by atoms with Crippen molar-refractivity contribution < 1.29 is 0 Å². The summed E-state index contributed by atoms with van der Waals surface area (Å²) in [6.07, 6.45) is 6.33. The van der Waals surface area contributed by atoms with Gasteiger partial charge < -0.3 is 14.8 Å². The van der Waals surface area contributed by atoms with E-state index in [-0.39, 0.29) is 0 Å². The molecule has 0 aromatic carbocycles. The number of aryl methyl sites for hydroxylation is 1. The summed E-state index contributed by atoms with van der Waals surface area (Å²) in [6, 6.07) is 11.0. The molecule has 0 unspecified atom stereocenters. The van der Waals surface area contributed by atoms with Crippen LogP contribution < -0.4 is 10.2 Å². The summed E-state index contributed by atoms with van der Waals surface area (Å²) in [6.45, 7) is 3.13. The van der Waals surface area contributed by atoms with E-state index in [2.05, 4.69) is 57.3 Å². The molecule has 0 saturated carbocycles. The van der Waals surface area contributed by atoms with Crippen LogP contribution in [-0.2, 0) is 13.6 Å². The molecule has 1 N–H and O–H groups in total. The molecular weight excluding hydrogens is 248 g/mol. The number of pyridine rings is 1. The molecule has 0 atom stereocenters. The second-order valence-corrected chi connectivity index (χ2v) is 5.44. The molecule has 4 heteroatoms. The van der Waals surface area contributed by atoms with Crippen LogP contribution in [0.4, 0.5) is 5.82 Å². The molecule has 2 aromatic rings. The van der Waals surface area contributed by atoms with Crippen molar-refractivity contribution >= 4 is 5.82 Å². The highest BCUT2D eigenvalue weighted by Crippen LogP contribution is 2.17. The Labute approximate surface area is 120 Å². The minimum atomic E-state index is 0.616. The molecular formula is C16H22N4. The van der Waals surface area contributed by atoms with E-state index in [1.54, 1.807) is 0 Å². The third-order valence-electron chi connectivity index (χ3n) is 4.09. The molecule has 0 bridgehead atoms. The van der Waals surface area contributed by atoms with Gasteiger partial charge in [-0.1, -0.05) is 6.07 Å². The fraction of sp³-hybridized carbons (Fsp3) is 0.438. The normalized spacial score (nSPS) is 16.6. The van der Waals surface area contributed by atoms with Crippen LogP contribution in [0.3, 0.4) is 0 Å². The van der Waals surface area contributed by atoms with Gasteiger partial charge in [0.2, 0.25) is 0 Å². The SMILES string of the molecule is Cn1cccc1CNC1CCN(c2ccccn2)CC1. The van der Waals surface area contributed by atoms with Crippen LogP contribution in [0, 0.1) is 0 Å². The highest BCUT2D eigenvalue weighted by atomic mass is 15.2. The molecule has 20 heavy (non-hydrogen) atoms. The Morgan fingerprint density at radius 2 is 2.05 bits per heavy atom. The van der Waals surface area contributed by atoms with Gasteiger partial charge in [-0.15, -0.1) is 0 Å². The molecule has 2 aromatic heterocycles. The van der Waals surface area contributed by atoms with Crippen molar-refractivity contribution in [1.29, 1.82) is 0 Å². The average Bonchev–Trinajstić information content (AvgIpc) is 2.92. The van der Waals surface area contributed by atoms with Gasteiger partial charge in [0.25, 0.3) is 0 Å². The van der Waals surface area contributed by atoms with Crippen LogP contribution in [0.15, 0.2) is 42.7 Å². The van der Waals surface area contributed by atoms with Gasteiger partial charge >= 0.3 is 0 Å². The lowest BCUT2D eigenvalue weighted by molar-refractivity contribution is 0.409. The molecule has 0 amide bonds. The fourth-order valence-electron chi connectivity index (χ4n) is 2.78. The van der Waals surface area contributed by atoms with Crippen molar-refractivity contribution in [2.24, 2.45) is 7.05 Å². The second-order valence-electron chi connectivity index (χ2n) is 5.44. The third-order valence-corrected chi connectivity index (χ3v) is 4.09. The van der Waals surface area contributed by atoms with Crippen LogP contribution in [0.2, 0.25) is 0 Å². The van der Waals surface area contributed by atoms with Gasteiger partial charge in [-0.2, -0.15) is 0 Å². The van der Waals surface area contributed by atoms with Crippen molar-refractivity contribution in [1.82, 2.24) is 14.9 Å². The first-order valence-corrected chi connectivity index (χ1v) is 7.32. The Kier molecular flexibility index (Phi) is 4.02. The van der Waals surface area contributed by atoms with E-state index in [1.807, 2.05) is 12.3 Å². The Morgan fingerprint density at radius 3 is 2.70 bits per heavy atom. The van der Waals surface area contributed by atoms with Crippen molar-refractivity contribution in [3.63, 3.8) is 0 Å². The summed E-state index contributed by atoms with van der Waals surface area (Å²) in [5.74, 6) is 1.10. The Morgan fingerprint density at radius 1 is 1.20 bits per heavy atom. The minimum Gasteiger partial charge on any atom is -0.357 e. The highest BCUT2D eigenvalue weighted by molar-refractivity contribution is 5.38. The molecule has 4 nitrogen and oxygen atoms in total. The highest BCUT2D eigenvalue weighted by Gasteiger charge is 2.19. The summed E-state index contributed by atoms with van der Waals surface area (Å²) >= 11 is 0. The fourth-order valence-corrected chi connectivity index (χ4v) is 2.78. The zero-order valence-corrected chi connectivity index (χ0v) is 12.0. The maximum absolute atomic E-state index is 4.43. The van der Waals surface area contributed by atoms with E-state index < -0.39 is 0 Å². The van der Waals surface area contributed by atoms with Crippen LogP contribution in [0.1, 0.15) is 18.5 Å². The smallest absolute Gasteiger partial charge is 0.128 e. The Hall–Kier alpha value is -1.81. The molecule has 3 rings (SSSR count). The number of piperidine rings is 1. The van der Waals surface area contributed by atoms with Crippen LogP contribution in [0.25, 0.3) is 0 Å². The Bertz CT molecular complexity index is 526. The molecule has 0 aliphatic carbocycles. The maximum atomic E-state index is 4.43. The van der Waals surface area contributed by atoms with Crippen molar-refractivity contribution in [2.75, 3.05) is 18.0 Å².